The standard InChI is InChI=1S/C13H19FN2O/c1-3-11(15)9-13(17)16(4-2)12-7-5-6-10(14)8-12/h5-8,11H,3-4,9,15H2,1-2H3. The molecule has 1 atom stereocenters. The molecule has 0 spiro atoms. The Bertz CT molecular complexity index is 381. The second-order valence-corrected chi connectivity index (χ2v) is 3.99. The highest BCUT2D eigenvalue weighted by atomic mass is 19.1. The van der Waals surface area contributed by atoms with Gasteiger partial charge in [0.05, 0.1) is 0 Å². The lowest BCUT2D eigenvalue weighted by Gasteiger charge is -2.22. The Kier molecular flexibility index (Phi) is 5.10. The fourth-order valence-corrected chi connectivity index (χ4v) is 1.63. The average Bonchev–Trinajstić information content (AvgIpc) is 2.30. The molecule has 0 aliphatic rings. The average molecular weight is 238 g/mol. The van der Waals surface area contributed by atoms with Crippen LogP contribution in [0.2, 0.25) is 0 Å². The maximum atomic E-state index is 13.1. The van der Waals surface area contributed by atoms with Gasteiger partial charge in [0, 0.05) is 24.7 Å². The summed E-state index contributed by atoms with van der Waals surface area (Å²) in [5.41, 5.74) is 6.34. The summed E-state index contributed by atoms with van der Waals surface area (Å²) in [6.07, 6.45) is 1.05. The van der Waals surface area contributed by atoms with Crippen LogP contribution in [0.3, 0.4) is 0 Å². The number of rotatable bonds is 5. The summed E-state index contributed by atoms with van der Waals surface area (Å²) in [7, 11) is 0. The molecule has 0 aliphatic carbocycles. The third kappa shape index (κ3) is 3.82. The van der Waals surface area contributed by atoms with Crippen molar-refractivity contribution >= 4 is 11.6 Å². The van der Waals surface area contributed by atoms with Gasteiger partial charge in [0.2, 0.25) is 5.91 Å². The topological polar surface area (TPSA) is 46.3 Å². The third-order valence-corrected chi connectivity index (χ3v) is 2.70. The van der Waals surface area contributed by atoms with E-state index in [1.54, 1.807) is 17.0 Å². The van der Waals surface area contributed by atoms with Gasteiger partial charge < -0.3 is 10.6 Å². The number of carbonyl (C=O) groups is 1. The molecule has 2 N–H and O–H groups in total. The lowest BCUT2D eigenvalue weighted by Crippen LogP contribution is -2.35. The fourth-order valence-electron chi connectivity index (χ4n) is 1.63. The molecule has 3 nitrogen and oxygen atoms in total. The second-order valence-electron chi connectivity index (χ2n) is 3.99. The highest BCUT2D eigenvalue weighted by Crippen LogP contribution is 2.16. The molecule has 0 saturated carbocycles. The number of hydrogen-bond donors (Lipinski definition) is 1. The van der Waals surface area contributed by atoms with Gasteiger partial charge in [-0.25, -0.2) is 4.39 Å². The third-order valence-electron chi connectivity index (χ3n) is 2.70. The molecule has 94 valence electrons. The summed E-state index contributed by atoms with van der Waals surface area (Å²) < 4.78 is 13.1. The van der Waals surface area contributed by atoms with E-state index in [1.807, 2.05) is 13.8 Å². The molecule has 1 aromatic rings. The van der Waals surface area contributed by atoms with Crippen LogP contribution in [0, 0.1) is 5.82 Å². The van der Waals surface area contributed by atoms with Crippen LogP contribution in [-0.4, -0.2) is 18.5 Å². The molecular weight excluding hydrogens is 219 g/mol. The predicted octanol–water partition coefficient (Wildman–Crippen LogP) is 2.31. The lowest BCUT2D eigenvalue weighted by atomic mass is 10.1. The molecule has 4 heteroatoms. The van der Waals surface area contributed by atoms with Crippen molar-refractivity contribution in [2.24, 2.45) is 5.73 Å². The number of carbonyl (C=O) groups excluding carboxylic acids is 1. The largest absolute Gasteiger partial charge is 0.327 e. The Morgan fingerprint density at radius 2 is 2.18 bits per heavy atom. The fraction of sp³-hybridized carbons (Fsp3) is 0.462. The summed E-state index contributed by atoms with van der Waals surface area (Å²) in [5, 5.41) is 0. The molecular formula is C13H19FN2O. The van der Waals surface area contributed by atoms with E-state index in [0.717, 1.165) is 6.42 Å². The summed E-state index contributed by atoms with van der Waals surface area (Å²) in [6.45, 7) is 4.31. The minimum atomic E-state index is -0.339. The zero-order valence-electron chi connectivity index (χ0n) is 10.3. The predicted molar refractivity (Wildman–Crippen MR) is 67.3 cm³/mol. The van der Waals surface area contributed by atoms with Crippen LogP contribution in [0.25, 0.3) is 0 Å². The van der Waals surface area contributed by atoms with Gasteiger partial charge in [0.15, 0.2) is 0 Å². The number of nitrogens with zero attached hydrogens (tertiary/aromatic N) is 1. The van der Waals surface area contributed by atoms with E-state index in [0.29, 0.717) is 18.7 Å². The van der Waals surface area contributed by atoms with Crippen molar-refractivity contribution < 1.29 is 9.18 Å². The Balaban J connectivity index is 2.81. The molecule has 0 radical (unpaired) electrons. The van der Waals surface area contributed by atoms with Gasteiger partial charge in [-0.2, -0.15) is 0 Å². The first kappa shape index (κ1) is 13.6. The molecule has 17 heavy (non-hydrogen) atoms. The van der Waals surface area contributed by atoms with Gasteiger partial charge in [0.1, 0.15) is 5.82 Å². The normalized spacial score (nSPS) is 12.2. The Hall–Kier alpha value is -1.42. The first-order valence-electron chi connectivity index (χ1n) is 5.90. The summed E-state index contributed by atoms with van der Waals surface area (Å²) in [6, 6.07) is 5.91. The van der Waals surface area contributed by atoms with Gasteiger partial charge in [-0.3, -0.25) is 4.79 Å². The van der Waals surface area contributed by atoms with E-state index in [2.05, 4.69) is 0 Å². The van der Waals surface area contributed by atoms with E-state index in [9.17, 15) is 9.18 Å². The van der Waals surface area contributed by atoms with E-state index in [-0.39, 0.29) is 17.8 Å². The molecule has 0 bridgehead atoms. The smallest absolute Gasteiger partial charge is 0.228 e. The van der Waals surface area contributed by atoms with Crippen LogP contribution in [0.5, 0.6) is 0 Å². The van der Waals surface area contributed by atoms with Crippen LogP contribution in [-0.2, 0) is 4.79 Å². The molecule has 0 heterocycles. The second kappa shape index (κ2) is 6.35. The molecule has 0 aliphatic heterocycles. The molecule has 1 amide bonds. The minimum Gasteiger partial charge on any atom is -0.327 e. The van der Waals surface area contributed by atoms with Gasteiger partial charge in [0.25, 0.3) is 0 Å². The number of benzene rings is 1. The molecule has 0 fully saturated rings. The Labute approximate surface area is 101 Å². The van der Waals surface area contributed by atoms with E-state index >= 15 is 0 Å². The highest BCUT2D eigenvalue weighted by Gasteiger charge is 2.16. The van der Waals surface area contributed by atoms with Crippen LogP contribution in [0.4, 0.5) is 10.1 Å². The summed E-state index contributed by atoms with van der Waals surface area (Å²) >= 11 is 0. The molecule has 0 saturated heterocycles. The molecule has 0 aromatic heterocycles. The van der Waals surface area contributed by atoms with Crippen LogP contribution in [0.15, 0.2) is 24.3 Å². The number of halogens is 1. The number of anilines is 1. The highest BCUT2D eigenvalue weighted by molar-refractivity contribution is 5.93. The minimum absolute atomic E-state index is 0.0625. The molecule has 1 unspecified atom stereocenters. The van der Waals surface area contributed by atoms with Gasteiger partial charge in [-0.05, 0) is 31.5 Å². The van der Waals surface area contributed by atoms with Crippen molar-refractivity contribution in [1.29, 1.82) is 0 Å². The number of hydrogen-bond acceptors (Lipinski definition) is 2. The van der Waals surface area contributed by atoms with Crippen molar-refractivity contribution in [2.75, 3.05) is 11.4 Å². The SMILES string of the molecule is CCC(N)CC(=O)N(CC)c1cccc(F)c1. The first-order valence-corrected chi connectivity index (χ1v) is 5.90. The first-order chi connectivity index (χ1) is 8.08. The van der Waals surface area contributed by atoms with Gasteiger partial charge in [-0.1, -0.05) is 13.0 Å². The zero-order valence-corrected chi connectivity index (χ0v) is 10.3. The van der Waals surface area contributed by atoms with E-state index in [1.165, 1.54) is 12.1 Å². The maximum Gasteiger partial charge on any atom is 0.228 e. The molecule has 1 rings (SSSR count). The Morgan fingerprint density at radius 3 is 2.71 bits per heavy atom. The zero-order chi connectivity index (χ0) is 12.8. The lowest BCUT2D eigenvalue weighted by molar-refractivity contribution is -0.118. The monoisotopic (exact) mass is 238 g/mol. The van der Waals surface area contributed by atoms with Crippen molar-refractivity contribution in [3.63, 3.8) is 0 Å². The Morgan fingerprint density at radius 1 is 1.47 bits per heavy atom. The van der Waals surface area contributed by atoms with Crippen molar-refractivity contribution in [1.82, 2.24) is 0 Å². The van der Waals surface area contributed by atoms with E-state index in [4.69, 9.17) is 5.73 Å². The van der Waals surface area contributed by atoms with Crippen molar-refractivity contribution in [3.8, 4) is 0 Å². The number of nitrogens with two attached hydrogens (primary N) is 1. The summed E-state index contributed by atoms with van der Waals surface area (Å²) in [5.74, 6) is -0.402. The van der Waals surface area contributed by atoms with Crippen LogP contribution >= 0.6 is 0 Å². The van der Waals surface area contributed by atoms with Crippen molar-refractivity contribution in [2.45, 2.75) is 32.7 Å². The van der Waals surface area contributed by atoms with Crippen molar-refractivity contribution in [3.05, 3.63) is 30.1 Å². The van der Waals surface area contributed by atoms with E-state index < -0.39 is 0 Å². The van der Waals surface area contributed by atoms with Crippen LogP contribution in [0.1, 0.15) is 26.7 Å². The molecule has 1 aromatic carbocycles. The maximum absolute atomic E-state index is 13.1. The van der Waals surface area contributed by atoms with Gasteiger partial charge in [-0.15, -0.1) is 0 Å². The number of amides is 1. The van der Waals surface area contributed by atoms with Gasteiger partial charge >= 0.3 is 0 Å². The summed E-state index contributed by atoms with van der Waals surface area (Å²) in [4.78, 5) is 13.5. The quantitative estimate of drug-likeness (QED) is 0.855. The van der Waals surface area contributed by atoms with Crippen LogP contribution < -0.4 is 10.6 Å².